The summed E-state index contributed by atoms with van der Waals surface area (Å²) < 4.78 is 44.6. The molecular weight excluding hydrogens is 1090 g/mol. The minimum Gasteiger partial charge on any atom is -0.480 e. The number of nitrogens with two attached hydrogens (primary N) is 2. The Morgan fingerprint density at radius 1 is 0.866 bits per heavy atom. The molecule has 0 bridgehead atoms. The first kappa shape index (κ1) is 66.0. The lowest BCUT2D eigenvalue weighted by atomic mass is 9.71. The molecule has 28 nitrogen and oxygen atoms in total. The maximum Gasteiger partial charge on any atom is 0.472 e. The molecule has 0 fully saturated rings. The molecule has 6 unspecified atom stereocenters. The number of fused-ring (bicyclic) bond motifs is 2. The number of amides is 3. The van der Waals surface area contributed by atoms with Crippen LogP contribution in [0.3, 0.4) is 0 Å². The van der Waals surface area contributed by atoms with Crippen LogP contribution in [0, 0.1) is 27.7 Å². The number of nitrogens with one attached hydrogen (secondary N) is 5. The van der Waals surface area contributed by atoms with E-state index in [2.05, 4.69) is 56.2 Å². The first-order valence-electron chi connectivity index (χ1n) is 26.3. The van der Waals surface area contributed by atoms with Gasteiger partial charge in [-0.25, -0.2) is 24.3 Å². The van der Waals surface area contributed by atoms with Crippen molar-refractivity contribution in [2.45, 2.75) is 164 Å². The number of halogens is 1. The number of carbonyl (C=O) groups is 4. The molecule has 3 amide bonds. The maximum atomic E-state index is 13.9. The van der Waals surface area contributed by atoms with Crippen LogP contribution in [-0.2, 0) is 39.3 Å². The van der Waals surface area contributed by atoms with Crippen molar-refractivity contribution >= 4 is 71.3 Å². The molecule has 0 spiro atoms. The number of rotatable bonds is 30. The van der Waals surface area contributed by atoms with Crippen molar-refractivity contribution in [2.75, 3.05) is 29.9 Å². The Morgan fingerprint density at radius 3 is 2.15 bits per heavy atom. The molecule has 1 aromatic carbocycles. The Labute approximate surface area is 472 Å². The molecule has 5 aromatic rings. The van der Waals surface area contributed by atoms with Gasteiger partial charge >= 0.3 is 19.9 Å². The number of nitrogens with zero attached hydrogens (tertiary/aromatic N) is 7. The number of anilines is 3. The van der Waals surface area contributed by atoms with Gasteiger partial charge in [-0.1, -0.05) is 55.4 Å². The molecular formula is C52H78FN14O14P. The van der Waals surface area contributed by atoms with Crippen molar-refractivity contribution in [3.8, 4) is 0 Å². The minimum absolute atomic E-state index is 0.00476. The van der Waals surface area contributed by atoms with Gasteiger partial charge in [0.05, 0.1) is 49.1 Å². The van der Waals surface area contributed by atoms with Crippen LogP contribution in [0.5, 0.6) is 0 Å². The molecule has 14 N–H and O–H groups in total. The van der Waals surface area contributed by atoms with Gasteiger partial charge in [0.15, 0.2) is 34.4 Å². The van der Waals surface area contributed by atoms with E-state index in [0.29, 0.717) is 17.8 Å². The van der Waals surface area contributed by atoms with Crippen molar-refractivity contribution in [1.82, 2.24) is 55.4 Å². The molecule has 0 radical (unpaired) electrons. The average Bonchev–Trinajstić information content (AvgIpc) is 4.03. The number of aliphatic hydroxyl groups is 3. The van der Waals surface area contributed by atoms with E-state index in [0.717, 1.165) is 0 Å². The summed E-state index contributed by atoms with van der Waals surface area (Å²) in [5.41, 5.74) is 7.71. The van der Waals surface area contributed by atoms with Crippen LogP contribution in [0.1, 0.15) is 137 Å². The van der Waals surface area contributed by atoms with E-state index in [1.54, 1.807) is 26.0 Å². The van der Waals surface area contributed by atoms with Crippen LogP contribution in [-0.4, -0.2) is 138 Å². The number of hydrogen-bond donors (Lipinski definition) is 12. The summed E-state index contributed by atoms with van der Waals surface area (Å²) in [7, 11) is -5.04. The third-order valence-electron chi connectivity index (χ3n) is 13.2. The summed E-state index contributed by atoms with van der Waals surface area (Å²) in [6, 6.07) is 3.98. The van der Waals surface area contributed by atoms with Crippen molar-refractivity contribution in [3.05, 3.63) is 64.5 Å². The monoisotopic (exact) mass is 1170 g/mol. The first-order valence-corrected chi connectivity index (χ1v) is 27.7. The van der Waals surface area contributed by atoms with Gasteiger partial charge in [-0.15, -0.1) is 0 Å². The zero-order chi connectivity index (χ0) is 61.5. The van der Waals surface area contributed by atoms with Crippen molar-refractivity contribution < 1.29 is 67.2 Å². The van der Waals surface area contributed by atoms with Gasteiger partial charge in [0.2, 0.25) is 17.8 Å². The topological polar surface area (TPSA) is 429 Å². The average molecular weight is 1170 g/mol. The number of ether oxygens (including phenoxy) is 1. The quantitative estimate of drug-likeness (QED) is 0.0177. The number of hydrogen-bond acceptors (Lipinski definition) is 21. The highest BCUT2D eigenvalue weighted by atomic mass is 31.2. The highest BCUT2D eigenvalue weighted by molar-refractivity contribution is 7.47. The molecule has 6 atom stereocenters. The van der Waals surface area contributed by atoms with E-state index >= 15 is 0 Å². The van der Waals surface area contributed by atoms with Crippen LogP contribution >= 0.6 is 7.82 Å². The van der Waals surface area contributed by atoms with Crippen LogP contribution in [0.4, 0.5) is 21.8 Å². The Bertz CT molecular complexity index is 3190. The maximum absolute atomic E-state index is 13.9. The van der Waals surface area contributed by atoms with Gasteiger partial charge in [0, 0.05) is 29.6 Å². The lowest BCUT2D eigenvalue weighted by Crippen LogP contribution is -2.48. The summed E-state index contributed by atoms with van der Waals surface area (Å²) in [6.45, 7) is 20.0. The Kier molecular flexibility index (Phi) is 21.0. The van der Waals surface area contributed by atoms with E-state index in [-0.39, 0.29) is 84.3 Å². The smallest absolute Gasteiger partial charge is 0.472 e. The standard InChI is InChI=1S/C52H78FN14O14P/c1-27(81-82(77,78)79-22-34(44(73)74)80-28(2)67-26-59-36-38(54)63-46(53)65-40(36)67)32(18-52(11,12)76)61-35(68)19-49(5,6)23-50(7,8)25-58-45(75)51(9,10)24-48(3,4)17-33(43(71)72)62-41(69)29-13-15-30(16-14-29)56-20-31-21-57-39-37(60-31)42(70)66-47(55)64-39/h13-16,21,26-28,32-34,44,56,73-74,76H,17-20,22-25H2,1-12H3,(H,58,75)(H,61,68)(H,62,69)(H,71,72)(H,77,78)(H2,54,63,65)(H3,55,57,64,66,70). The number of carboxylic acid groups (broad SMARTS) is 1. The third kappa shape index (κ3) is 19.4. The van der Waals surface area contributed by atoms with E-state index in [1.165, 1.54) is 56.9 Å². The van der Waals surface area contributed by atoms with Crippen molar-refractivity contribution in [2.24, 2.45) is 21.7 Å². The highest BCUT2D eigenvalue weighted by Gasteiger charge is 2.40. The fourth-order valence-electron chi connectivity index (χ4n) is 10.0. The van der Waals surface area contributed by atoms with Crippen molar-refractivity contribution in [3.63, 3.8) is 0 Å². The predicted octanol–water partition coefficient (Wildman–Crippen LogP) is 3.82. The predicted molar refractivity (Wildman–Crippen MR) is 298 cm³/mol. The molecule has 0 aliphatic carbocycles. The summed E-state index contributed by atoms with van der Waals surface area (Å²) in [5, 5.41) is 52.7. The van der Waals surface area contributed by atoms with Crippen LogP contribution in [0.2, 0.25) is 0 Å². The van der Waals surface area contributed by atoms with Gasteiger partial charge < -0.3 is 62.8 Å². The van der Waals surface area contributed by atoms with Crippen LogP contribution < -0.4 is 38.3 Å². The van der Waals surface area contributed by atoms with Gasteiger partial charge in [-0.3, -0.25) is 37.8 Å². The fraction of sp³-hybridized carbons (Fsp3) is 0.596. The van der Waals surface area contributed by atoms with Crippen LogP contribution in [0.15, 0.2) is 41.6 Å². The number of nitrogen functional groups attached to an aromatic ring is 2. The fourth-order valence-corrected chi connectivity index (χ4v) is 11.0. The van der Waals surface area contributed by atoms with Gasteiger partial charge in [0.25, 0.3) is 11.5 Å². The third-order valence-corrected chi connectivity index (χ3v) is 14.3. The molecule has 0 saturated carbocycles. The lowest BCUT2D eigenvalue weighted by Gasteiger charge is -2.38. The van der Waals surface area contributed by atoms with E-state index in [9.17, 15) is 58.2 Å². The molecule has 4 aromatic heterocycles. The number of carbonyl (C=O) groups excluding carboxylic acids is 3. The second kappa shape index (κ2) is 26.2. The number of aromatic nitrogens is 8. The minimum atomic E-state index is -5.04. The molecule has 4 heterocycles. The molecule has 82 heavy (non-hydrogen) atoms. The molecule has 452 valence electrons. The second-order valence-corrected chi connectivity index (χ2v) is 25.6. The number of phosphoric acid groups is 1. The zero-order valence-corrected chi connectivity index (χ0v) is 49.0. The summed E-state index contributed by atoms with van der Waals surface area (Å²) in [4.78, 5) is 102. The Hall–Kier alpha value is -6.85. The number of aromatic amines is 1. The molecule has 0 aliphatic rings. The Morgan fingerprint density at radius 2 is 1.52 bits per heavy atom. The number of carboxylic acids is 1. The summed E-state index contributed by atoms with van der Waals surface area (Å²) in [5.74, 6) is -2.96. The number of H-pyrrole nitrogens is 1. The largest absolute Gasteiger partial charge is 0.480 e. The normalized spacial score (nSPS) is 15.3. The number of imidazole rings is 1. The SMILES string of the molecule is CC(OP(=O)(O)OCC(OC(C)n1cnc2c(N)nc(F)nc21)C(O)O)C(CC(C)(C)O)NC(=O)CC(C)(C)CC(C)(C)CNC(=O)C(C)(C)CC(C)(C)CC(NC(=O)c1ccc(NCc2cnc3nc(N)[nH]c(=O)c3n2)cc1)C(=O)O. The summed E-state index contributed by atoms with van der Waals surface area (Å²) >= 11 is 0. The number of aliphatic hydroxyl groups excluding tert-OH is 1. The summed E-state index contributed by atoms with van der Waals surface area (Å²) in [6.07, 6.45) is -4.31. The second-order valence-electron chi connectivity index (χ2n) is 24.2. The number of phosphoric ester groups is 1. The van der Waals surface area contributed by atoms with Crippen molar-refractivity contribution in [1.29, 1.82) is 0 Å². The lowest BCUT2D eigenvalue weighted by molar-refractivity contribution is -0.185. The Balaban J connectivity index is 1.10. The highest BCUT2D eigenvalue weighted by Crippen LogP contribution is 2.46. The first-order chi connectivity index (χ1) is 37.7. The van der Waals surface area contributed by atoms with E-state index < -0.39 is 108 Å². The van der Waals surface area contributed by atoms with Crippen LogP contribution in [0.25, 0.3) is 22.3 Å². The zero-order valence-electron chi connectivity index (χ0n) is 48.1. The molecule has 0 saturated heterocycles. The van der Waals surface area contributed by atoms with Gasteiger partial charge in [-0.05, 0) is 93.9 Å². The van der Waals surface area contributed by atoms with Gasteiger partial charge in [0.1, 0.15) is 18.4 Å². The number of aliphatic carboxylic acids is 1. The molecule has 0 aliphatic heterocycles. The molecule has 30 heteroatoms. The molecule has 5 rings (SSSR count). The van der Waals surface area contributed by atoms with Gasteiger partial charge in [-0.2, -0.15) is 19.3 Å². The van der Waals surface area contributed by atoms with E-state index in [1.807, 2.05) is 41.5 Å². The van der Waals surface area contributed by atoms with E-state index in [4.69, 9.17) is 25.3 Å². The number of benzene rings is 1.